The number of methoxy groups -OCH3 is 1. The van der Waals surface area contributed by atoms with E-state index >= 15 is 0 Å². The Balaban J connectivity index is 1.16. The number of benzene rings is 3. The average Bonchev–Trinajstić information content (AvgIpc) is 3.32. The van der Waals surface area contributed by atoms with Crippen LogP contribution in [0.4, 0.5) is 5.69 Å². The smallest absolute Gasteiger partial charge is 0.294 e. The SMILES string of the molecule is COc1cc(N2CC=C(Oc3ccc(-c4ccccc4)cc3)C2=O)ccc1OCCOC1CCCCO1. The molecule has 5 rings (SSSR count). The monoisotopic (exact) mass is 501 g/mol. The summed E-state index contributed by atoms with van der Waals surface area (Å²) in [6.07, 6.45) is 4.77. The van der Waals surface area contributed by atoms with Gasteiger partial charge in [-0.3, -0.25) is 4.79 Å². The summed E-state index contributed by atoms with van der Waals surface area (Å²) in [7, 11) is 1.58. The third-order valence-corrected chi connectivity index (χ3v) is 6.35. The minimum atomic E-state index is -0.205. The molecule has 0 spiro atoms. The Labute approximate surface area is 217 Å². The van der Waals surface area contributed by atoms with Crippen LogP contribution in [0.15, 0.2) is 84.6 Å². The van der Waals surface area contributed by atoms with Crippen molar-refractivity contribution in [1.82, 2.24) is 0 Å². The van der Waals surface area contributed by atoms with Gasteiger partial charge in [-0.2, -0.15) is 0 Å². The third-order valence-electron chi connectivity index (χ3n) is 6.35. The number of hydrogen-bond acceptors (Lipinski definition) is 6. The predicted molar refractivity (Wildman–Crippen MR) is 141 cm³/mol. The van der Waals surface area contributed by atoms with Gasteiger partial charge in [0.05, 0.1) is 13.7 Å². The van der Waals surface area contributed by atoms with Crippen molar-refractivity contribution in [2.45, 2.75) is 25.6 Å². The van der Waals surface area contributed by atoms with Crippen LogP contribution < -0.4 is 19.1 Å². The van der Waals surface area contributed by atoms with Crippen LogP contribution in [0.2, 0.25) is 0 Å². The second kappa shape index (κ2) is 12.0. The summed E-state index contributed by atoms with van der Waals surface area (Å²) in [5.74, 6) is 1.85. The van der Waals surface area contributed by atoms with E-state index in [4.69, 9.17) is 23.7 Å². The number of carbonyl (C=O) groups excluding carboxylic acids is 1. The van der Waals surface area contributed by atoms with Gasteiger partial charge in [0.25, 0.3) is 5.91 Å². The van der Waals surface area contributed by atoms with Gasteiger partial charge in [0.1, 0.15) is 12.4 Å². The number of anilines is 1. The molecule has 0 aromatic heterocycles. The van der Waals surface area contributed by atoms with E-state index in [9.17, 15) is 4.79 Å². The predicted octanol–water partition coefficient (Wildman–Crippen LogP) is 5.59. The van der Waals surface area contributed by atoms with Crippen molar-refractivity contribution in [3.8, 4) is 28.4 Å². The fourth-order valence-corrected chi connectivity index (χ4v) is 4.38. The zero-order chi connectivity index (χ0) is 25.5. The molecule has 1 fully saturated rings. The van der Waals surface area contributed by atoms with E-state index in [0.717, 1.165) is 37.0 Å². The summed E-state index contributed by atoms with van der Waals surface area (Å²) in [6, 6.07) is 23.3. The minimum Gasteiger partial charge on any atom is -0.493 e. The van der Waals surface area contributed by atoms with E-state index < -0.39 is 0 Å². The highest BCUT2D eigenvalue weighted by Gasteiger charge is 2.28. The van der Waals surface area contributed by atoms with Crippen molar-refractivity contribution < 1.29 is 28.5 Å². The highest BCUT2D eigenvalue weighted by molar-refractivity contribution is 6.07. The van der Waals surface area contributed by atoms with Gasteiger partial charge < -0.3 is 28.6 Å². The van der Waals surface area contributed by atoms with Crippen molar-refractivity contribution >= 4 is 11.6 Å². The fourth-order valence-electron chi connectivity index (χ4n) is 4.38. The lowest BCUT2D eigenvalue weighted by molar-refractivity contribution is -0.165. The van der Waals surface area contributed by atoms with Crippen molar-refractivity contribution in [2.24, 2.45) is 0 Å². The van der Waals surface area contributed by atoms with Crippen molar-refractivity contribution in [2.75, 3.05) is 38.4 Å². The number of carbonyl (C=O) groups is 1. The Hall–Kier alpha value is -3.81. The topological polar surface area (TPSA) is 66.5 Å². The van der Waals surface area contributed by atoms with Crippen molar-refractivity contribution in [1.29, 1.82) is 0 Å². The van der Waals surface area contributed by atoms with Gasteiger partial charge >= 0.3 is 0 Å². The van der Waals surface area contributed by atoms with Crippen LogP contribution in [-0.2, 0) is 14.3 Å². The highest BCUT2D eigenvalue weighted by atomic mass is 16.7. The van der Waals surface area contributed by atoms with E-state index in [2.05, 4.69) is 12.1 Å². The maximum absolute atomic E-state index is 13.1. The van der Waals surface area contributed by atoms with Gasteiger partial charge in [0.2, 0.25) is 0 Å². The molecule has 0 saturated carbocycles. The number of amides is 1. The molecule has 3 aromatic rings. The van der Waals surface area contributed by atoms with Crippen LogP contribution in [0.5, 0.6) is 17.2 Å². The summed E-state index contributed by atoms with van der Waals surface area (Å²) < 4.78 is 28.6. The second-order valence-electron chi connectivity index (χ2n) is 8.83. The van der Waals surface area contributed by atoms with Gasteiger partial charge in [0, 0.05) is 24.9 Å². The van der Waals surface area contributed by atoms with Crippen molar-refractivity contribution in [3.63, 3.8) is 0 Å². The molecule has 192 valence electrons. The maximum Gasteiger partial charge on any atom is 0.294 e. The van der Waals surface area contributed by atoms with Crippen molar-refractivity contribution in [3.05, 3.63) is 84.6 Å². The Bertz CT molecular complexity index is 1220. The first-order valence-corrected chi connectivity index (χ1v) is 12.6. The second-order valence-corrected chi connectivity index (χ2v) is 8.83. The van der Waals surface area contributed by atoms with Gasteiger partial charge in [-0.25, -0.2) is 0 Å². The third kappa shape index (κ3) is 6.13. The molecule has 0 N–H and O–H groups in total. The lowest BCUT2D eigenvalue weighted by atomic mass is 10.1. The van der Waals surface area contributed by atoms with Gasteiger partial charge in [-0.15, -0.1) is 0 Å². The standard InChI is InChI=1S/C30H31NO6/c1-33-28-21-24(12-15-26(28)34-19-20-36-29-9-5-6-18-35-29)31-17-16-27(30(31)32)37-25-13-10-23(11-14-25)22-7-3-2-4-8-22/h2-4,7-8,10-16,21,29H,5-6,9,17-20H2,1H3. The molecule has 1 unspecified atom stereocenters. The molecule has 7 nitrogen and oxygen atoms in total. The Morgan fingerprint density at radius 3 is 2.49 bits per heavy atom. The molecule has 0 aliphatic carbocycles. The lowest BCUT2D eigenvalue weighted by Gasteiger charge is -2.23. The molecule has 2 heterocycles. The number of ether oxygens (including phenoxy) is 5. The molecule has 1 amide bonds. The Kier molecular flexibility index (Phi) is 8.03. The van der Waals surface area contributed by atoms with Crippen LogP contribution in [-0.4, -0.2) is 45.7 Å². The minimum absolute atomic E-state index is 0.145. The zero-order valence-corrected chi connectivity index (χ0v) is 20.9. The van der Waals surface area contributed by atoms with Gasteiger partial charge in [0.15, 0.2) is 23.5 Å². The summed E-state index contributed by atoms with van der Waals surface area (Å²) in [5.41, 5.74) is 2.92. The first-order chi connectivity index (χ1) is 18.2. The van der Waals surface area contributed by atoms with E-state index in [1.165, 1.54) is 0 Å². The Morgan fingerprint density at radius 1 is 0.919 bits per heavy atom. The number of hydrogen-bond donors (Lipinski definition) is 0. The van der Waals surface area contributed by atoms with E-state index in [1.54, 1.807) is 30.2 Å². The van der Waals surface area contributed by atoms with Crippen LogP contribution in [0.1, 0.15) is 19.3 Å². The highest BCUT2D eigenvalue weighted by Crippen LogP contribution is 2.34. The van der Waals surface area contributed by atoms with E-state index in [0.29, 0.717) is 48.5 Å². The first kappa shape index (κ1) is 24.9. The summed E-state index contributed by atoms with van der Waals surface area (Å²) in [4.78, 5) is 14.7. The van der Waals surface area contributed by atoms with Crippen LogP contribution >= 0.6 is 0 Å². The number of rotatable bonds is 10. The molecule has 2 aliphatic rings. The van der Waals surface area contributed by atoms with Crippen LogP contribution in [0.25, 0.3) is 11.1 Å². The normalized spacial score (nSPS) is 17.4. The quantitative estimate of drug-likeness (QED) is 0.337. The molecule has 0 bridgehead atoms. The first-order valence-electron chi connectivity index (χ1n) is 12.6. The van der Waals surface area contributed by atoms with E-state index in [-0.39, 0.29) is 12.2 Å². The summed E-state index contributed by atoms with van der Waals surface area (Å²) in [6.45, 7) is 1.96. The summed E-state index contributed by atoms with van der Waals surface area (Å²) >= 11 is 0. The maximum atomic E-state index is 13.1. The van der Waals surface area contributed by atoms with Gasteiger partial charge in [-0.1, -0.05) is 42.5 Å². The molecule has 37 heavy (non-hydrogen) atoms. The van der Waals surface area contributed by atoms with E-state index in [1.807, 2.05) is 48.5 Å². The summed E-state index contributed by atoms with van der Waals surface area (Å²) in [5, 5.41) is 0. The molecule has 2 aliphatic heterocycles. The molecule has 1 saturated heterocycles. The fraction of sp³-hybridized carbons (Fsp3) is 0.300. The van der Waals surface area contributed by atoms with Crippen LogP contribution in [0.3, 0.4) is 0 Å². The largest absolute Gasteiger partial charge is 0.493 e. The lowest BCUT2D eigenvalue weighted by Crippen LogP contribution is -2.27. The average molecular weight is 502 g/mol. The molecule has 7 heteroatoms. The Morgan fingerprint density at radius 2 is 1.73 bits per heavy atom. The molecular formula is C30H31NO6. The number of nitrogens with zero attached hydrogens (tertiary/aromatic N) is 1. The molecular weight excluding hydrogens is 470 g/mol. The zero-order valence-electron chi connectivity index (χ0n) is 20.9. The molecule has 1 atom stereocenters. The van der Waals surface area contributed by atoms with Crippen LogP contribution in [0, 0.1) is 0 Å². The molecule has 0 radical (unpaired) electrons. The van der Waals surface area contributed by atoms with Gasteiger partial charge in [-0.05, 0) is 60.7 Å². The molecule has 3 aromatic carbocycles.